The van der Waals surface area contributed by atoms with Gasteiger partial charge in [-0.1, -0.05) is 74.5 Å². The van der Waals surface area contributed by atoms with Crippen molar-refractivity contribution >= 4 is 54.0 Å². The van der Waals surface area contributed by atoms with Gasteiger partial charge in [0.1, 0.15) is 30.2 Å². The zero-order valence-electron chi connectivity index (χ0n) is 29.3. The van der Waals surface area contributed by atoms with Crippen LogP contribution in [0.2, 0.25) is 0 Å². The van der Waals surface area contributed by atoms with Gasteiger partial charge in [0.15, 0.2) is 0 Å². The van der Waals surface area contributed by atoms with Crippen molar-refractivity contribution in [1.82, 2.24) is 26.2 Å². The molecule has 0 spiro atoms. The van der Waals surface area contributed by atoms with Gasteiger partial charge in [-0.3, -0.25) is 33.6 Å². The van der Waals surface area contributed by atoms with E-state index >= 15 is 0 Å². The Morgan fingerprint density at radius 2 is 1.31 bits per heavy atom. The Hall–Kier alpha value is -4.96. The summed E-state index contributed by atoms with van der Waals surface area (Å²) in [5.41, 5.74) is 12.8. The zero-order valence-corrected chi connectivity index (χ0v) is 30.2. The average Bonchev–Trinajstić information content (AvgIpc) is 3.60. The van der Waals surface area contributed by atoms with Crippen LogP contribution in [0.3, 0.4) is 0 Å². The second-order valence-corrected chi connectivity index (χ2v) is 13.6. The summed E-state index contributed by atoms with van der Waals surface area (Å²) in [7, 11) is 0. The third kappa shape index (κ3) is 12.7. The number of carboxylic acid groups (broad SMARTS) is 1. The van der Waals surface area contributed by atoms with Gasteiger partial charge in [-0.15, -0.1) is 0 Å². The molecule has 15 nitrogen and oxygen atoms in total. The second kappa shape index (κ2) is 20.2. The number of carboxylic acids is 1. The fraction of sp³-hybridized carbons (Fsp3) is 0.472. The van der Waals surface area contributed by atoms with Gasteiger partial charge >= 0.3 is 5.97 Å². The van der Waals surface area contributed by atoms with Gasteiger partial charge in [0.05, 0.1) is 12.5 Å². The SMILES string of the molecule is CC(C)C[C@H](NC(=O)[C@H](CC(=O)O)NC(=O)[C@@H](N)CS)C(=O)N1CCC[C@H]1C(=O)N[C@@H](Cc1ccccc1)C(=O)N[C@@H](Cc1ccccc1)C(N)=O. The first-order valence-corrected chi connectivity index (χ1v) is 17.8. The van der Waals surface area contributed by atoms with E-state index in [1.54, 1.807) is 48.5 Å². The number of carbonyl (C=O) groups is 7. The summed E-state index contributed by atoms with van der Waals surface area (Å²) in [6.07, 6.45) is 0.338. The fourth-order valence-corrected chi connectivity index (χ4v) is 6.05. The van der Waals surface area contributed by atoms with Crippen LogP contribution in [0.5, 0.6) is 0 Å². The van der Waals surface area contributed by atoms with Crippen molar-refractivity contribution in [2.45, 2.75) is 88.6 Å². The number of likely N-dealkylation sites (tertiary alicyclic amines) is 1. The predicted molar refractivity (Wildman–Crippen MR) is 195 cm³/mol. The third-order valence-corrected chi connectivity index (χ3v) is 8.96. The molecule has 52 heavy (non-hydrogen) atoms. The molecule has 0 aromatic heterocycles. The van der Waals surface area contributed by atoms with Gasteiger partial charge in [0, 0.05) is 25.1 Å². The minimum Gasteiger partial charge on any atom is -0.481 e. The highest BCUT2D eigenvalue weighted by atomic mass is 32.1. The van der Waals surface area contributed by atoms with Gasteiger partial charge in [-0.2, -0.15) is 12.6 Å². The molecule has 16 heteroatoms. The van der Waals surface area contributed by atoms with E-state index in [0.717, 1.165) is 11.1 Å². The first kappa shape index (κ1) is 41.5. The predicted octanol–water partition coefficient (Wildman–Crippen LogP) is -0.335. The number of hydrogen-bond donors (Lipinski definition) is 8. The average molecular weight is 740 g/mol. The van der Waals surface area contributed by atoms with E-state index in [1.165, 1.54) is 4.90 Å². The Morgan fingerprint density at radius 3 is 1.83 bits per heavy atom. The van der Waals surface area contributed by atoms with Crippen LogP contribution in [-0.4, -0.2) is 100.0 Å². The minimum atomic E-state index is -1.53. The molecular formula is C36H49N7O8S. The van der Waals surface area contributed by atoms with Gasteiger partial charge < -0.3 is 42.7 Å². The summed E-state index contributed by atoms with van der Waals surface area (Å²) in [4.78, 5) is 92.6. The number of nitrogens with two attached hydrogens (primary N) is 2. The lowest BCUT2D eigenvalue weighted by molar-refractivity contribution is -0.144. The van der Waals surface area contributed by atoms with E-state index in [1.807, 2.05) is 26.0 Å². The zero-order chi connectivity index (χ0) is 38.4. The van der Waals surface area contributed by atoms with Crippen molar-refractivity contribution < 1.29 is 38.7 Å². The molecule has 9 N–H and O–H groups in total. The van der Waals surface area contributed by atoms with Crippen molar-refractivity contribution in [2.75, 3.05) is 12.3 Å². The summed E-state index contributed by atoms with van der Waals surface area (Å²) >= 11 is 3.96. The quantitative estimate of drug-likeness (QED) is 0.0879. The molecule has 0 saturated carbocycles. The number of nitrogens with zero attached hydrogens (tertiary/aromatic N) is 1. The van der Waals surface area contributed by atoms with Gasteiger partial charge in [-0.05, 0) is 36.3 Å². The number of nitrogens with one attached hydrogen (secondary N) is 4. The Labute approximate surface area is 308 Å². The van der Waals surface area contributed by atoms with Gasteiger partial charge in [0.2, 0.25) is 35.4 Å². The standard InChI is InChI=1S/C36H49N7O8S/c1-21(2)16-28(42-34(49)27(19-30(44)45)40-32(47)24(37)20-52)36(51)43-15-9-14-29(43)35(50)41-26(18-23-12-7-4-8-13-23)33(48)39-25(31(38)46)17-22-10-5-3-6-11-22/h3-8,10-13,21,24-29,52H,9,14-20,37H2,1-2H3,(H2,38,46)(H,39,48)(H,40,47)(H,41,50)(H,42,49)(H,44,45)/t24-,25-,26-,27-,28-,29-/m0/s1. The lowest BCUT2D eigenvalue weighted by atomic mass is 10.0. The number of benzene rings is 2. The van der Waals surface area contributed by atoms with Crippen LogP contribution in [0.25, 0.3) is 0 Å². The molecule has 1 aliphatic rings. The molecule has 2 aromatic carbocycles. The van der Waals surface area contributed by atoms with E-state index < -0.39 is 84.1 Å². The molecule has 0 unspecified atom stereocenters. The molecule has 0 radical (unpaired) electrons. The van der Waals surface area contributed by atoms with Crippen LogP contribution in [0.15, 0.2) is 60.7 Å². The van der Waals surface area contributed by atoms with Crippen LogP contribution in [0.1, 0.15) is 50.7 Å². The van der Waals surface area contributed by atoms with Crippen molar-refractivity contribution in [1.29, 1.82) is 0 Å². The number of primary amides is 1. The highest BCUT2D eigenvalue weighted by Crippen LogP contribution is 2.21. The normalized spacial score (nSPS) is 16.9. The molecule has 1 fully saturated rings. The van der Waals surface area contributed by atoms with E-state index in [9.17, 15) is 38.7 Å². The van der Waals surface area contributed by atoms with Gasteiger partial charge in [0.25, 0.3) is 0 Å². The maximum Gasteiger partial charge on any atom is 0.305 e. The van der Waals surface area contributed by atoms with Crippen LogP contribution >= 0.6 is 12.6 Å². The van der Waals surface area contributed by atoms with E-state index in [0.29, 0.717) is 6.42 Å². The molecule has 0 aliphatic carbocycles. The van der Waals surface area contributed by atoms with Crippen molar-refractivity contribution in [3.63, 3.8) is 0 Å². The van der Waals surface area contributed by atoms with Crippen LogP contribution in [0, 0.1) is 5.92 Å². The molecule has 1 aliphatic heterocycles. The van der Waals surface area contributed by atoms with Crippen LogP contribution < -0.4 is 32.7 Å². The highest BCUT2D eigenvalue weighted by Gasteiger charge is 2.40. The molecule has 3 rings (SSSR count). The van der Waals surface area contributed by atoms with E-state index in [2.05, 4.69) is 33.9 Å². The first-order valence-electron chi connectivity index (χ1n) is 17.2. The summed E-state index contributed by atoms with van der Waals surface area (Å²) in [6, 6.07) is 11.0. The maximum absolute atomic E-state index is 14.0. The van der Waals surface area contributed by atoms with E-state index in [-0.39, 0.29) is 43.9 Å². The summed E-state index contributed by atoms with van der Waals surface area (Å²) in [6.45, 7) is 3.84. The molecule has 282 valence electrons. The summed E-state index contributed by atoms with van der Waals surface area (Å²) in [5.74, 6) is -5.77. The summed E-state index contributed by atoms with van der Waals surface area (Å²) in [5, 5.41) is 19.8. The lowest BCUT2D eigenvalue weighted by Gasteiger charge is -2.31. The fourth-order valence-electron chi connectivity index (χ4n) is 5.89. The largest absolute Gasteiger partial charge is 0.481 e. The Balaban J connectivity index is 1.81. The topological polar surface area (TPSA) is 243 Å². The van der Waals surface area contributed by atoms with Gasteiger partial charge in [-0.25, -0.2) is 0 Å². The van der Waals surface area contributed by atoms with Crippen molar-refractivity contribution in [2.24, 2.45) is 17.4 Å². The van der Waals surface area contributed by atoms with Crippen molar-refractivity contribution in [3.05, 3.63) is 71.8 Å². The molecule has 6 amide bonds. The Morgan fingerprint density at radius 1 is 0.788 bits per heavy atom. The van der Waals surface area contributed by atoms with E-state index in [4.69, 9.17) is 11.5 Å². The number of carbonyl (C=O) groups excluding carboxylic acids is 6. The number of aliphatic carboxylic acids is 1. The maximum atomic E-state index is 14.0. The second-order valence-electron chi connectivity index (χ2n) is 13.2. The van der Waals surface area contributed by atoms with Crippen LogP contribution in [0.4, 0.5) is 0 Å². The smallest absolute Gasteiger partial charge is 0.305 e. The molecule has 1 saturated heterocycles. The van der Waals surface area contributed by atoms with Crippen molar-refractivity contribution in [3.8, 4) is 0 Å². The number of thiol groups is 1. The third-order valence-electron chi connectivity index (χ3n) is 8.56. The lowest BCUT2D eigenvalue weighted by Crippen LogP contribution is -2.59. The Bertz CT molecular complexity index is 1560. The minimum absolute atomic E-state index is 0.0482. The number of hydrogen-bond acceptors (Lipinski definition) is 9. The first-order chi connectivity index (χ1) is 24.7. The molecule has 0 bridgehead atoms. The van der Waals surface area contributed by atoms with Crippen LogP contribution in [-0.2, 0) is 46.4 Å². The highest BCUT2D eigenvalue weighted by molar-refractivity contribution is 7.80. The molecule has 6 atom stereocenters. The molecule has 1 heterocycles. The number of rotatable bonds is 19. The number of amides is 6. The molecule has 2 aromatic rings. The molecular weight excluding hydrogens is 691 g/mol. The monoisotopic (exact) mass is 739 g/mol. The summed E-state index contributed by atoms with van der Waals surface area (Å²) < 4.78 is 0. The Kier molecular flexibility index (Phi) is 16.1.